The minimum atomic E-state index is -0.839. The summed E-state index contributed by atoms with van der Waals surface area (Å²) < 4.78 is 12.0. The average molecular weight is 859 g/mol. The highest BCUT2D eigenvalue weighted by molar-refractivity contribution is 5.97. The van der Waals surface area contributed by atoms with Gasteiger partial charge in [-0.3, -0.25) is 33.7 Å². The van der Waals surface area contributed by atoms with Gasteiger partial charge in [0.1, 0.15) is 12.1 Å². The van der Waals surface area contributed by atoms with Crippen molar-refractivity contribution in [2.24, 2.45) is 23.5 Å². The van der Waals surface area contributed by atoms with E-state index in [0.29, 0.717) is 31.6 Å². The molecule has 1 aromatic carbocycles. The first kappa shape index (κ1) is 53.0. The molecule has 9 atom stereocenters. The molecule has 16 nitrogen and oxygen atoms in total. The normalized spacial score (nSPS) is 18.3. The molecular formula is C45H78N8O8. The van der Waals surface area contributed by atoms with Crippen molar-refractivity contribution in [1.82, 2.24) is 30.2 Å². The van der Waals surface area contributed by atoms with Crippen molar-refractivity contribution in [2.45, 2.75) is 142 Å². The molecular weight excluding hydrogens is 781 g/mol. The maximum Gasteiger partial charge on any atom is 0.246 e. The molecule has 1 fully saturated rings. The van der Waals surface area contributed by atoms with Crippen LogP contribution in [-0.2, 0) is 44.7 Å². The van der Waals surface area contributed by atoms with Crippen LogP contribution in [0.25, 0.3) is 0 Å². The Morgan fingerprint density at radius 3 is 2.10 bits per heavy atom. The quantitative estimate of drug-likeness (QED) is 0.127. The number of rotatable bonds is 23. The zero-order valence-corrected chi connectivity index (χ0v) is 39.7. The van der Waals surface area contributed by atoms with Gasteiger partial charge in [0.05, 0.1) is 48.2 Å². The molecule has 1 unspecified atom stereocenters. The maximum absolute atomic E-state index is 14.3. The minimum absolute atomic E-state index is 0.0185. The zero-order chi connectivity index (χ0) is 46.5. The number of hydrogen-bond donors (Lipinski definition) is 4. The summed E-state index contributed by atoms with van der Waals surface area (Å²) in [6, 6.07) is 4.22. The average Bonchev–Trinajstić information content (AvgIpc) is 3.70. The Kier molecular flexibility index (Phi) is 20.8. The second kappa shape index (κ2) is 23.9. The van der Waals surface area contributed by atoms with Crippen LogP contribution in [0.1, 0.15) is 93.6 Å². The van der Waals surface area contributed by atoms with Crippen LogP contribution in [-0.4, -0.2) is 158 Å². The first-order valence-corrected chi connectivity index (χ1v) is 21.8. The SMILES string of the molecule is CC[C@H](C)[C@@H]([C@@H](CC(=O)N1CCCC1[C@H](OC)[C@@H](C)C(=O)N(C)CCc1cccc(NC(=O)[C@H](C)NC(=O)[C@H](C)N)c1)OC)N(C)C(=O)[C@@H](NC(=O)C(C)(C)N(C)C)C(C)C. The fourth-order valence-electron chi connectivity index (χ4n) is 7.77. The number of carbonyl (C=O) groups excluding carboxylic acids is 6. The van der Waals surface area contributed by atoms with E-state index in [2.05, 4.69) is 16.0 Å². The molecule has 1 heterocycles. The fourth-order valence-corrected chi connectivity index (χ4v) is 7.77. The van der Waals surface area contributed by atoms with Gasteiger partial charge >= 0.3 is 0 Å². The summed E-state index contributed by atoms with van der Waals surface area (Å²) in [7, 11) is 10.2. The molecule has 16 heteroatoms. The Balaban J connectivity index is 2.18. The number of likely N-dealkylation sites (N-methyl/N-ethyl adjacent to an activating group) is 3. The lowest BCUT2D eigenvalue weighted by molar-refractivity contribution is -0.149. The number of methoxy groups -OCH3 is 2. The largest absolute Gasteiger partial charge is 0.379 e. The number of carbonyl (C=O) groups is 6. The minimum Gasteiger partial charge on any atom is -0.379 e. The molecule has 0 saturated carbocycles. The van der Waals surface area contributed by atoms with Gasteiger partial charge in [0, 0.05) is 47.1 Å². The lowest BCUT2D eigenvalue weighted by Crippen LogP contribution is -2.61. The van der Waals surface area contributed by atoms with Gasteiger partial charge in [-0.1, -0.05) is 53.2 Å². The second-order valence-electron chi connectivity index (χ2n) is 18.0. The zero-order valence-electron chi connectivity index (χ0n) is 39.7. The van der Waals surface area contributed by atoms with Crippen LogP contribution >= 0.6 is 0 Å². The Bertz CT molecular complexity index is 1640. The van der Waals surface area contributed by atoms with Crippen LogP contribution in [0.4, 0.5) is 5.69 Å². The summed E-state index contributed by atoms with van der Waals surface area (Å²) >= 11 is 0. The standard InChI is InChI=1S/C45H78N8O8/c1-16-28(4)38(52(13)43(58)37(27(2)3)49-44(59)45(8,9)50(10)11)35(60-14)26-36(54)53-23-18-21-34(53)39(61-15)29(5)42(57)51(12)24-22-32-19-17-20-33(25-32)48-41(56)31(7)47-40(55)30(6)46/h17,19-20,25,27-31,34-35,37-39H,16,18,21-24,26,46H2,1-15H3,(H,47,55)(H,48,56)(H,49,59)/t28-,29+,30-,31-,34?,35+,37-,38-,39+/m0/s1. The Morgan fingerprint density at radius 1 is 0.918 bits per heavy atom. The molecule has 0 radical (unpaired) electrons. The van der Waals surface area contributed by atoms with Crippen molar-refractivity contribution in [3.8, 4) is 0 Å². The molecule has 0 aromatic heterocycles. The molecule has 61 heavy (non-hydrogen) atoms. The van der Waals surface area contributed by atoms with Gasteiger partial charge in [-0.25, -0.2) is 0 Å². The highest BCUT2D eigenvalue weighted by atomic mass is 16.5. The number of hydrogen-bond acceptors (Lipinski definition) is 10. The summed E-state index contributed by atoms with van der Waals surface area (Å²) in [6.45, 7) is 17.4. The first-order chi connectivity index (χ1) is 28.4. The van der Waals surface area contributed by atoms with Crippen LogP contribution in [0.15, 0.2) is 24.3 Å². The van der Waals surface area contributed by atoms with E-state index in [4.69, 9.17) is 15.2 Å². The third-order valence-electron chi connectivity index (χ3n) is 12.6. The number of anilines is 1. The lowest BCUT2D eigenvalue weighted by Gasteiger charge is -2.41. The van der Waals surface area contributed by atoms with Crippen molar-refractivity contribution < 1.29 is 38.2 Å². The molecule has 1 aromatic rings. The fraction of sp³-hybridized carbons (Fsp3) is 0.733. The maximum atomic E-state index is 14.3. The molecule has 1 aliphatic rings. The van der Waals surface area contributed by atoms with Crippen LogP contribution < -0.4 is 21.7 Å². The third-order valence-corrected chi connectivity index (χ3v) is 12.6. The summed E-state index contributed by atoms with van der Waals surface area (Å²) in [5.41, 5.74) is 6.23. The van der Waals surface area contributed by atoms with Gasteiger partial charge in [0.25, 0.3) is 0 Å². The van der Waals surface area contributed by atoms with Gasteiger partial charge in [0.15, 0.2) is 0 Å². The summed E-state index contributed by atoms with van der Waals surface area (Å²) in [5, 5.41) is 8.40. The van der Waals surface area contributed by atoms with Crippen LogP contribution in [0.2, 0.25) is 0 Å². The van der Waals surface area contributed by atoms with Crippen LogP contribution in [0.3, 0.4) is 0 Å². The van der Waals surface area contributed by atoms with E-state index < -0.39 is 53.7 Å². The first-order valence-electron chi connectivity index (χ1n) is 21.8. The van der Waals surface area contributed by atoms with E-state index >= 15 is 0 Å². The van der Waals surface area contributed by atoms with E-state index in [1.165, 1.54) is 0 Å². The van der Waals surface area contributed by atoms with Crippen molar-refractivity contribution in [2.75, 3.05) is 60.8 Å². The van der Waals surface area contributed by atoms with Gasteiger partial charge in [0.2, 0.25) is 35.4 Å². The summed E-state index contributed by atoms with van der Waals surface area (Å²) in [6.07, 6.45) is 1.48. The molecule has 5 N–H and O–H groups in total. The predicted octanol–water partition coefficient (Wildman–Crippen LogP) is 2.88. The molecule has 6 amide bonds. The monoisotopic (exact) mass is 859 g/mol. The number of nitrogens with two attached hydrogens (primary N) is 1. The van der Waals surface area contributed by atoms with Crippen molar-refractivity contribution in [3.63, 3.8) is 0 Å². The van der Waals surface area contributed by atoms with Crippen LogP contribution in [0, 0.1) is 17.8 Å². The number of amides is 6. The van der Waals surface area contributed by atoms with E-state index in [0.717, 1.165) is 18.4 Å². The van der Waals surface area contributed by atoms with Gasteiger partial charge in [-0.2, -0.15) is 0 Å². The van der Waals surface area contributed by atoms with Gasteiger partial charge < -0.3 is 45.9 Å². The number of nitrogens with one attached hydrogen (secondary N) is 3. The topological polar surface area (TPSA) is 196 Å². The Hall–Kier alpha value is -4.12. The molecule has 1 aliphatic heterocycles. The van der Waals surface area contributed by atoms with Gasteiger partial charge in [-0.15, -0.1) is 0 Å². The third kappa shape index (κ3) is 14.2. The number of ether oxygens (including phenoxy) is 2. The second-order valence-corrected chi connectivity index (χ2v) is 18.0. The number of likely N-dealkylation sites (tertiary alicyclic amines) is 1. The van der Waals surface area contributed by atoms with E-state index in [1.54, 1.807) is 58.0 Å². The summed E-state index contributed by atoms with van der Waals surface area (Å²) in [4.78, 5) is 87.3. The molecule has 1 saturated heterocycles. The van der Waals surface area contributed by atoms with Crippen molar-refractivity contribution >= 4 is 41.1 Å². The summed E-state index contributed by atoms with van der Waals surface area (Å²) in [5.74, 6) is -2.37. The molecule has 0 bridgehead atoms. The Labute approximate surface area is 365 Å². The molecule has 346 valence electrons. The Morgan fingerprint density at radius 2 is 1.56 bits per heavy atom. The highest BCUT2D eigenvalue weighted by Crippen LogP contribution is 2.30. The number of benzene rings is 1. The smallest absolute Gasteiger partial charge is 0.246 e. The molecule has 0 spiro atoms. The number of nitrogens with zero attached hydrogens (tertiary/aromatic N) is 4. The van der Waals surface area contributed by atoms with Crippen molar-refractivity contribution in [3.05, 3.63) is 29.8 Å². The van der Waals surface area contributed by atoms with E-state index in [-0.39, 0.29) is 53.8 Å². The van der Waals surface area contributed by atoms with E-state index in [9.17, 15) is 28.8 Å². The predicted molar refractivity (Wildman–Crippen MR) is 238 cm³/mol. The molecule has 2 rings (SSSR count). The van der Waals surface area contributed by atoms with Crippen LogP contribution in [0.5, 0.6) is 0 Å². The molecule has 0 aliphatic carbocycles. The highest BCUT2D eigenvalue weighted by Gasteiger charge is 2.44. The van der Waals surface area contributed by atoms with Gasteiger partial charge in [-0.05, 0) is 90.6 Å². The lowest BCUT2D eigenvalue weighted by atomic mass is 9.89. The van der Waals surface area contributed by atoms with Crippen molar-refractivity contribution in [1.29, 1.82) is 0 Å². The van der Waals surface area contributed by atoms with E-state index in [1.807, 2.05) is 90.6 Å².